The van der Waals surface area contributed by atoms with Crippen molar-refractivity contribution in [1.29, 1.82) is 0 Å². The van der Waals surface area contributed by atoms with Crippen molar-refractivity contribution in [3.63, 3.8) is 0 Å². The summed E-state index contributed by atoms with van der Waals surface area (Å²) in [5, 5.41) is 0. The Hall–Kier alpha value is -1.51. The van der Waals surface area contributed by atoms with Gasteiger partial charge in [0.2, 0.25) is 0 Å². The van der Waals surface area contributed by atoms with Crippen LogP contribution in [0, 0.1) is 32.6 Å². The molecule has 0 fully saturated rings. The van der Waals surface area contributed by atoms with Crippen LogP contribution in [0.5, 0.6) is 11.5 Å². The summed E-state index contributed by atoms with van der Waals surface area (Å²) in [5.41, 5.74) is 4.28. The van der Waals surface area contributed by atoms with Gasteiger partial charge >= 0.3 is 0 Å². The Kier molecular flexibility index (Phi) is 14.4. The molecule has 0 aliphatic carbocycles. The molecule has 1 rings (SSSR count). The van der Waals surface area contributed by atoms with E-state index in [1.54, 1.807) is 7.11 Å². The highest BCUT2D eigenvalue weighted by Crippen LogP contribution is 2.38. The van der Waals surface area contributed by atoms with E-state index in [0.717, 1.165) is 47.1 Å². The molecule has 1 aromatic carbocycles. The van der Waals surface area contributed by atoms with E-state index >= 15 is 0 Å². The van der Waals surface area contributed by atoms with Crippen molar-refractivity contribution in [3.05, 3.63) is 22.3 Å². The number of methoxy groups -OCH3 is 1. The lowest BCUT2D eigenvalue weighted by atomic mass is 9.93. The molecule has 0 bridgehead atoms. The molecule has 0 amide bonds. The van der Waals surface area contributed by atoms with Crippen LogP contribution in [0.3, 0.4) is 0 Å². The lowest BCUT2D eigenvalue weighted by molar-refractivity contribution is -0.120. The molecule has 1 aromatic rings. The molecule has 0 saturated heterocycles. The highest BCUT2D eigenvalue weighted by molar-refractivity contribution is 5.61. The van der Waals surface area contributed by atoms with Gasteiger partial charge in [0.15, 0.2) is 0 Å². The predicted molar refractivity (Wildman–Crippen MR) is 137 cm³/mol. The van der Waals surface area contributed by atoms with Crippen LogP contribution >= 0.6 is 0 Å². The number of carbonyl (C=O) groups excluding carboxylic acids is 1. The lowest BCUT2D eigenvalue weighted by Crippen LogP contribution is -2.05. The van der Waals surface area contributed by atoms with E-state index in [-0.39, 0.29) is 0 Å². The number of carbonyl (C=O) groups is 1. The lowest BCUT2D eigenvalue weighted by Gasteiger charge is -2.20. The molecule has 0 aliphatic rings. The summed E-state index contributed by atoms with van der Waals surface area (Å²) in [6, 6.07) is 0. The first-order valence-electron chi connectivity index (χ1n) is 13.1. The predicted octanol–water partition coefficient (Wildman–Crippen LogP) is 8.67. The second kappa shape index (κ2) is 16.2. The van der Waals surface area contributed by atoms with Crippen LogP contribution < -0.4 is 9.47 Å². The summed E-state index contributed by atoms with van der Waals surface area (Å²) in [4.78, 5) is 10.9. The highest BCUT2D eigenvalue weighted by atomic mass is 16.5. The second-order valence-electron chi connectivity index (χ2n) is 10.2. The van der Waals surface area contributed by atoms with Crippen LogP contribution in [0.1, 0.15) is 120 Å². The fourth-order valence-corrected chi connectivity index (χ4v) is 4.83. The number of hydrogen-bond donors (Lipinski definition) is 0. The SMILES string of the molecule is COc1c(C)c(C)c(OC=O)c(C)c1CCCCCC[C@H](C)CCCCCCCC(C)C. The van der Waals surface area contributed by atoms with Crippen molar-refractivity contribution in [3.8, 4) is 11.5 Å². The van der Waals surface area contributed by atoms with Crippen molar-refractivity contribution in [1.82, 2.24) is 0 Å². The fourth-order valence-electron chi connectivity index (χ4n) is 4.83. The van der Waals surface area contributed by atoms with Gasteiger partial charge in [0.1, 0.15) is 11.5 Å². The van der Waals surface area contributed by atoms with Crippen molar-refractivity contribution in [2.45, 2.75) is 125 Å². The maximum absolute atomic E-state index is 10.9. The van der Waals surface area contributed by atoms with E-state index < -0.39 is 0 Å². The topological polar surface area (TPSA) is 35.5 Å². The Morgan fingerprint density at radius 2 is 1.19 bits per heavy atom. The first-order chi connectivity index (χ1) is 15.3. The summed E-state index contributed by atoms with van der Waals surface area (Å²) in [7, 11) is 1.73. The number of ether oxygens (including phenoxy) is 2. The number of rotatable bonds is 18. The molecule has 184 valence electrons. The van der Waals surface area contributed by atoms with Crippen LogP contribution in [0.4, 0.5) is 0 Å². The summed E-state index contributed by atoms with van der Waals surface area (Å²) >= 11 is 0. The monoisotopic (exact) mass is 446 g/mol. The zero-order valence-corrected chi connectivity index (χ0v) is 22.1. The third-order valence-corrected chi connectivity index (χ3v) is 7.03. The van der Waals surface area contributed by atoms with Crippen molar-refractivity contribution >= 4 is 6.47 Å². The third-order valence-electron chi connectivity index (χ3n) is 7.03. The van der Waals surface area contributed by atoms with E-state index in [0.29, 0.717) is 12.2 Å². The quantitative estimate of drug-likeness (QED) is 0.167. The van der Waals surface area contributed by atoms with Crippen LogP contribution in [-0.2, 0) is 11.2 Å². The smallest absolute Gasteiger partial charge is 0.298 e. The molecule has 0 aliphatic heterocycles. The van der Waals surface area contributed by atoms with E-state index in [4.69, 9.17) is 9.47 Å². The normalized spacial score (nSPS) is 12.2. The molecule has 32 heavy (non-hydrogen) atoms. The van der Waals surface area contributed by atoms with E-state index in [9.17, 15) is 4.79 Å². The minimum atomic E-state index is 0.527. The van der Waals surface area contributed by atoms with Gasteiger partial charge in [-0.2, -0.15) is 0 Å². The van der Waals surface area contributed by atoms with Crippen molar-refractivity contribution in [2.75, 3.05) is 7.11 Å². The van der Waals surface area contributed by atoms with E-state index in [2.05, 4.69) is 20.8 Å². The van der Waals surface area contributed by atoms with Gasteiger partial charge < -0.3 is 9.47 Å². The van der Waals surface area contributed by atoms with Crippen LogP contribution in [0.2, 0.25) is 0 Å². The highest BCUT2D eigenvalue weighted by Gasteiger charge is 2.18. The van der Waals surface area contributed by atoms with Gasteiger partial charge in [-0.15, -0.1) is 0 Å². The van der Waals surface area contributed by atoms with Crippen LogP contribution in [0.15, 0.2) is 0 Å². The number of hydrogen-bond acceptors (Lipinski definition) is 3. The van der Waals surface area contributed by atoms with Gasteiger partial charge in [-0.25, -0.2) is 0 Å². The van der Waals surface area contributed by atoms with Gasteiger partial charge in [-0.05, 0) is 62.1 Å². The average Bonchev–Trinajstić information content (AvgIpc) is 2.76. The van der Waals surface area contributed by atoms with Crippen LogP contribution in [0.25, 0.3) is 0 Å². The zero-order valence-electron chi connectivity index (χ0n) is 22.1. The molecule has 0 saturated carbocycles. The van der Waals surface area contributed by atoms with Gasteiger partial charge in [0.25, 0.3) is 6.47 Å². The molecule has 0 spiro atoms. The molecule has 0 N–H and O–H groups in total. The van der Waals surface area contributed by atoms with Gasteiger partial charge in [0.05, 0.1) is 7.11 Å². The van der Waals surface area contributed by atoms with Crippen LogP contribution in [-0.4, -0.2) is 13.6 Å². The number of benzene rings is 1. The molecule has 0 heterocycles. The molecule has 3 nitrogen and oxygen atoms in total. The zero-order chi connectivity index (χ0) is 23.9. The van der Waals surface area contributed by atoms with E-state index in [1.165, 1.54) is 76.2 Å². The van der Waals surface area contributed by atoms with Crippen molar-refractivity contribution < 1.29 is 14.3 Å². The third kappa shape index (κ3) is 9.96. The molecule has 0 aromatic heterocycles. The molecule has 1 atom stereocenters. The first-order valence-corrected chi connectivity index (χ1v) is 13.1. The Morgan fingerprint density at radius 1 is 0.688 bits per heavy atom. The Bertz CT molecular complexity index is 663. The van der Waals surface area contributed by atoms with E-state index in [1.807, 2.05) is 20.8 Å². The molecular weight excluding hydrogens is 396 g/mol. The summed E-state index contributed by atoms with van der Waals surface area (Å²) in [6.07, 6.45) is 17.2. The Balaban J connectivity index is 2.28. The summed E-state index contributed by atoms with van der Waals surface area (Å²) in [5.74, 6) is 3.37. The fraction of sp³-hybridized carbons (Fsp3) is 0.759. The maximum atomic E-state index is 10.9. The first kappa shape index (κ1) is 28.5. The van der Waals surface area contributed by atoms with Gasteiger partial charge in [-0.3, -0.25) is 4.79 Å². The maximum Gasteiger partial charge on any atom is 0.298 e. The molecule has 0 unspecified atom stereocenters. The summed E-state index contributed by atoms with van der Waals surface area (Å²) < 4.78 is 11.0. The Labute approximate surface area is 198 Å². The molecule has 0 radical (unpaired) electrons. The largest absolute Gasteiger partial charge is 0.496 e. The van der Waals surface area contributed by atoms with Gasteiger partial charge in [0, 0.05) is 5.56 Å². The standard InChI is InChI=1S/C29H50O3/c1-22(2)17-13-9-8-10-14-18-23(3)19-15-11-12-16-20-27-26(6)28(32-21-30)24(4)25(5)29(27)31-7/h21-23H,8-20H2,1-7H3/t23-/m1/s1. The minimum Gasteiger partial charge on any atom is -0.496 e. The molecule has 3 heteroatoms. The van der Waals surface area contributed by atoms with Gasteiger partial charge in [-0.1, -0.05) is 91.4 Å². The number of unbranched alkanes of at least 4 members (excludes halogenated alkanes) is 7. The Morgan fingerprint density at radius 3 is 1.72 bits per heavy atom. The van der Waals surface area contributed by atoms with Crippen molar-refractivity contribution in [2.24, 2.45) is 11.8 Å². The molecular formula is C29H50O3. The average molecular weight is 447 g/mol. The second-order valence-corrected chi connectivity index (χ2v) is 10.2. The minimum absolute atomic E-state index is 0.527. The summed E-state index contributed by atoms with van der Waals surface area (Å²) in [6.45, 7) is 13.7.